The van der Waals surface area contributed by atoms with Crippen LogP contribution in [0, 0.1) is 5.82 Å². The van der Waals surface area contributed by atoms with Crippen LogP contribution in [-0.4, -0.2) is 60.6 Å². The van der Waals surface area contributed by atoms with Crippen molar-refractivity contribution in [3.05, 3.63) is 70.5 Å². The van der Waals surface area contributed by atoms with E-state index in [0.717, 1.165) is 49.9 Å². The monoisotopic (exact) mass is 463 g/mol. The normalized spacial score (nSPS) is 19.6. The highest BCUT2D eigenvalue weighted by Crippen LogP contribution is 2.27. The number of nitrogens with zero attached hydrogens (tertiary/aromatic N) is 2. The zero-order valence-corrected chi connectivity index (χ0v) is 18.5. The van der Waals surface area contributed by atoms with Gasteiger partial charge in [0.1, 0.15) is 5.82 Å². The number of alkyl halides is 3. The summed E-state index contributed by atoms with van der Waals surface area (Å²) in [4.78, 5) is 17.0. The minimum absolute atomic E-state index is 0.141. The molecule has 33 heavy (non-hydrogen) atoms. The van der Waals surface area contributed by atoms with Crippen LogP contribution in [0.15, 0.2) is 42.5 Å². The second-order valence-corrected chi connectivity index (χ2v) is 8.96. The number of hydrogen-bond acceptors (Lipinski definition) is 3. The number of amides is 1. The van der Waals surface area contributed by atoms with Gasteiger partial charge >= 0.3 is 6.18 Å². The van der Waals surface area contributed by atoms with Crippen molar-refractivity contribution in [2.24, 2.45) is 0 Å². The molecule has 0 saturated carbocycles. The second kappa shape index (κ2) is 10.2. The standard InChI is InChI=1S/C25H29F4N3O/c26-22-6-2-18(3-7-22)9-10-31-11-12-32(24(33)16-31)23-8-5-20-13-19(1-4-21(20)14-23)15-30-17-25(27,28)29/h1-4,6-7,13,23,30H,5,8-12,14-17H2/t23-/m0/s1. The Morgan fingerprint density at radius 2 is 1.76 bits per heavy atom. The minimum atomic E-state index is -4.21. The highest BCUT2D eigenvalue weighted by Gasteiger charge is 2.32. The summed E-state index contributed by atoms with van der Waals surface area (Å²) < 4.78 is 50.0. The maximum absolute atomic E-state index is 13.1. The van der Waals surface area contributed by atoms with Gasteiger partial charge in [-0.05, 0) is 60.1 Å². The van der Waals surface area contributed by atoms with E-state index in [9.17, 15) is 22.4 Å². The summed E-state index contributed by atoms with van der Waals surface area (Å²) in [6.07, 6.45) is -0.949. The number of halogens is 4. The lowest BCUT2D eigenvalue weighted by molar-refractivity contribution is -0.139. The van der Waals surface area contributed by atoms with Gasteiger partial charge in [-0.25, -0.2) is 4.39 Å². The summed E-state index contributed by atoms with van der Waals surface area (Å²) in [5.41, 5.74) is 4.26. The zero-order chi connectivity index (χ0) is 23.4. The van der Waals surface area contributed by atoms with E-state index in [1.54, 1.807) is 12.1 Å². The van der Waals surface area contributed by atoms with Gasteiger partial charge in [0.2, 0.25) is 5.91 Å². The van der Waals surface area contributed by atoms with E-state index >= 15 is 0 Å². The molecule has 2 aliphatic rings. The lowest BCUT2D eigenvalue weighted by Gasteiger charge is -2.41. The van der Waals surface area contributed by atoms with Crippen LogP contribution in [0.4, 0.5) is 17.6 Å². The SMILES string of the molecule is O=C1CN(CCc2ccc(F)cc2)CCN1[C@H]1CCc2cc(CNCC(F)(F)F)ccc2C1. The molecule has 1 saturated heterocycles. The molecule has 1 aliphatic carbocycles. The Kier molecular flexibility index (Phi) is 7.34. The fourth-order valence-electron chi connectivity index (χ4n) is 4.76. The molecule has 1 heterocycles. The van der Waals surface area contributed by atoms with Crippen LogP contribution in [0.1, 0.15) is 28.7 Å². The van der Waals surface area contributed by atoms with Crippen molar-refractivity contribution >= 4 is 5.91 Å². The first-order valence-electron chi connectivity index (χ1n) is 11.4. The second-order valence-electron chi connectivity index (χ2n) is 8.96. The topological polar surface area (TPSA) is 35.6 Å². The number of nitrogens with one attached hydrogen (secondary N) is 1. The summed E-state index contributed by atoms with van der Waals surface area (Å²) >= 11 is 0. The maximum Gasteiger partial charge on any atom is 0.401 e. The number of carbonyl (C=O) groups excluding carboxylic acids is 1. The Morgan fingerprint density at radius 1 is 1.00 bits per heavy atom. The fourth-order valence-corrected chi connectivity index (χ4v) is 4.76. The van der Waals surface area contributed by atoms with Gasteiger partial charge in [0.05, 0.1) is 13.1 Å². The van der Waals surface area contributed by atoms with E-state index in [2.05, 4.69) is 10.2 Å². The number of aryl methyl sites for hydroxylation is 1. The van der Waals surface area contributed by atoms with Crippen LogP contribution < -0.4 is 5.32 Å². The molecule has 0 spiro atoms. The first kappa shape index (κ1) is 23.7. The molecule has 0 radical (unpaired) electrons. The predicted octanol–water partition coefficient (Wildman–Crippen LogP) is 3.72. The van der Waals surface area contributed by atoms with Crippen molar-refractivity contribution < 1.29 is 22.4 Å². The number of carbonyl (C=O) groups is 1. The number of fused-ring (bicyclic) bond motifs is 1. The van der Waals surface area contributed by atoms with Crippen molar-refractivity contribution in [2.75, 3.05) is 32.7 Å². The smallest absolute Gasteiger partial charge is 0.337 e. The third-order valence-corrected chi connectivity index (χ3v) is 6.53. The summed E-state index contributed by atoms with van der Waals surface area (Å²) in [5, 5.41) is 2.44. The van der Waals surface area contributed by atoms with Crippen LogP contribution in [-0.2, 0) is 30.6 Å². The largest absolute Gasteiger partial charge is 0.401 e. The molecule has 0 aromatic heterocycles. The van der Waals surface area contributed by atoms with Gasteiger partial charge < -0.3 is 10.2 Å². The quantitative estimate of drug-likeness (QED) is 0.636. The molecule has 4 nitrogen and oxygen atoms in total. The minimum Gasteiger partial charge on any atom is -0.337 e. The third kappa shape index (κ3) is 6.54. The number of benzene rings is 2. The summed E-state index contributed by atoms with van der Waals surface area (Å²) in [5.74, 6) is -0.104. The van der Waals surface area contributed by atoms with E-state index in [1.165, 1.54) is 23.3 Å². The molecule has 1 atom stereocenters. The van der Waals surface area contributed by atoms with E-state index in [0.29, 0.717) is 13.1 Å². The highest BCUT2D eigenvalue weighted by atomic mass is 19.4. The molecule has 2 aromatic rings. The molecule has 1 amide bonds. The van der Waals surface area contributed by atoms with Gasteiger partial charge in [0, 0.05) is 32.2 Å². The first-order valence-corrected chi connectivity index (χ1v) is 11.4. The maximum atomic E-state index is 13.1. The Balaban J connectivity index is 1.27. The van der Waals surface area contributed by atoms with Gasteiger partial charge in [-0.1, -0.05) is 30.3 Å². The molecule has 1 N–H and O–H groups in total. The number of hydrogen-bond donors (Lipinski definition) is 1. The van der Waals surface area contributed by atoms with Crippen molar-refractivity contribution in [3.8, 4) is 0 Å². The van der Waals surface area contributed by atoms with Crippen LogP contribution in [0.2, 0.25) is 0 Å². The molecule has 2 aromatic carbocycles. The molecule has 8 heteroatoms. The van der Waals surface area contributed by atoms with Gasteiger partial charge in [-0.15, -0.1) is 0 Å². The Labute approximate surface area is 191 Å². The van der Waals surface area contributed by atoms with Crippen molar-refractivity contribution in [1.29, 1.82) is 0 Å². The average Bonchev–Trinajstić information content (AvgIpc) is 2.77. The predicted molar refractivity (Wildman–Crippen MR) is 118 cm³/mol. The molecule has 1 fully saturated rings. The molecular formula is C25H29F4N3O. The molecule has 1 aliphatic heterocycles. The van der Waals surface area contributed by atoms with Crippen molar-refractivity contribution in [1.82, 2.24) is 15.1 Å². The third-order valence-electron chi connectivity index (χ3n) is 6.53. The van der Waals surface area contributed by atoms with Gasteiger partial charge in [-0.2, -0.15) is 13.2 Å². The lowest BCUT2D eigenvalue weighted by Crippen LogP contribution is -2.55. The Bertz CT molecular complexity index is 961. The van der Waals surface area contributed by atoms with E-state index in [4.69, 9.17) is 0 Å². The van der Waals surface area contributed by atoms with Gasteiger partial charge in [0.25, 0.3) is 0 Å². The van der Waals surface area contributed by atoms with Crippen molar-refractivity contribution in [2.45, 2.75) is 44.4 Å². The summed E-state index contributed by atoms with van der Waals surface area (Å²) in [7, 11) is 0. The first-order chi connectivity index (χ1) is 15.8. The van der Waals surface area contributed by atoms with Crippen LogP contribution >= 0.6 is 0 Å². The van der Waals surface area contributed by atoms with Crippen LogP contribution in [0.5, 0.6) is 0 Å². The number of rotatable bonds is 7. The van der Waals surface area contributed by atoms with Crippen LogP contribution in [0.25, 0.3) is 0 Å². The molecular weight excluding hydrogens is 434 g/mol. The Morgan fingerprint density at radius 3 is 2.48 bits per heavy atom. The zero-order valence-electron chi connectivity index (χ0n) is 18.5. The lowest BCUT2D eigenvalue weighted by atomic mass is 9.86. The average molecular weight is 464 g/mol. The van der Waals surface area contributed by atoms with E-state index in [-0.39, 0.29) is 24.3 Å². The van der Waals surface area contributed by atoms with E-state index in [1.807, 2.05) is 23.1 Å². The fraction of sp³-hybridized carbons (Fsp3) is 0.480. The number of piperazine rings is 1. The summed E-state index contributed by atoms with van der Waals surface area (Å²) in [6.45, 7) is 1.87. The van der Waals surface area contributed by atoms with Crippen LogP contribution in [0.3, 0.4) is 0 Å². The molecule has 0 unspecified atom stereocenters. The molecule has 178 valence electrons. The summed E-state index contributed by atoms with van der Waals surface area (Å²) in [6, 6.07) is 12.5. The van der Waals surface area contributed by atoms with Gasteiger partial charge in [0.15, 0.2) is 0 Å². The van der Waals surface area contributed by atoms with E-state index < -0.39 is 12.7 Å². The van der Waals surface area contributed by atoms with Gasteiger partial charge in [-0.3, -0.25) is 9.69 Å². The van der Waals surface area contributed by atoms with Crippen molar-refractivity contribution in [3.63, 3.8) is 0 Å². The molecule has 0 bridgehead atoms. The Hall–Kier alpha value is -2.45. The highest BCUT2D eigenvalue weighted by molar-refractivity contribution is 5.79. The molecule has 4 rings (SSSR count).